The molecule has 148 valence electrons. The Hall–Kier alpha value is -2.21. The first-order chi connectivity index (χ1) is 13.7. The summed E-state index contributed by atoms with van der Waals surface area (Å²) in [6.07, 6.45) is 0.462. The van der Waals surface area contributed by atoms with E-state index in [1.807, 2.05) is 24.0 Å². The van der Waals surface area contributed by atoms with Crippen molar-refractivity contribution in [3.8, 4) is 0 Å². The highest BCUT2D eigenvalue weighted by atomic mass is 16.3. The van der Waals surface area contributed by atoms with Gasteiger partial charge < -0.3 is 10.0 Å². The quantitative estimate of drug-likeness (QED) is 0.746. The topological polar surface area (TPSA) is 64.6 Å². The molecule has 2 heterocycles. The van der Waals surface area contributed by atoms with Crippen molar-refractivity contribution in [3.63, 3.8) is 0 Å². The molecule has 0 aromatic heterocycles. The molecule has 2 aliphatic heterocycles. The Morgan fingerprint density at radius 3 is 2.25 bits per heavy atom. The molecule has 0 spiro atoms. The van der Waals surface area contributed by atoms with Crippen molar-refractivity contribution >= 4 is 5.91 Å². The van der Waals surface area contributed by atoms with Crippen LogP contribution < -0.4 is 10.9 Å². The van der Waals surface area contributed by atoms with Crippen LogP contribution in [0.1, 0.15) is 36.8 Å². The number of benzene rings is 2. The number of carbonyl (C=O) groups excluding carboxylic acids is 1. The first kappa shape index (κ1) is 19.1. The van der Waals surface area contributed by atoms with Gasteiger partial charge in [0.15, 0.2) is 0 Å². The van der Waals surface area contributed by atoms with E-state index in [1.165, 1.54) is 11.1 Å². The molecule has 0 saturated carbocycles. The van der Waals surface area contributed by atoms with E-state index in [0.29, 0.717) is 25.6 Å². The lowest BCUT2D eigenvalue weighted by atomic mass is 9.76. The fraction of sp³-hybridized carbons (Fsp3) is 0.435. The van der Waals surface area contributed by atoms with Crippen LogP contribution in [0.25, 0.3) is 0 Å². The van der Waals surface area contributed by atoms with Gasteiger partial charge in [-0.15, -0.1) is 0 Å². The lowest BCUT2D eigenvalue weighted by Crippen LogP contribution is -2.51. The first-order valence-electron chi connectivity index (χ1n) is 10.3. The van der Waals surface area contributed by atoms with Crippen LogP contribution in [-0.4, -0.2) is 47.2 Å². The number of aliphatic hydroxyl groups is 1. The second kappa shape index (κ2) is 8.43. The summed E-state index contributed by atoms with van der Waals surface area (Å²) in [7, 11) is 0. The second-order valence-corrected chi connectivity index (χ2v) is 7.88. The highest BCUT2D eigenvalue weighted by Crippen LogP contribution is 2.37. The van der Waals surface area contributed by atoms with Gasteiger partial charge in [-0.25, -0.2) is 0 Å². The van der Waals surface area contributed by atoms with Crippen molar-refractivity contribution in [1.82, 2.24) is 15.8 Å². The molecule has 28 heavy (non-hydrogen) atoms. The van der Waals surface area contributed by atoms with E-state index in [1.54, 1.807) is 0 Å². The van der Waals surface area contributed by atoms with Gasteiger partial charge in [0.05, 0.1) is 0 Å². The number of likely N-dealkylation sites (tertiary alicyclic amines) is 1. The molecule has 2 saturated heterocycles. The van der Waals surface area contributed by atoms with E-state index >= 15 is 0 Å². The molecule has 4 unspecified atom stereocenters. The summed E-state index contributed by atoms with van der Waals surface area (Å²) in [5.41, 5.74) is 9.57. The van der Waals surface area contributed by atoms with Crippen LogP contribution in [0.5, 0.6) is 0 Å². The average molecular weight is 380 g/mol. The molecule has 2 aromatic rings. The summed E-state index contributed by atoms with van der Waals surface area (Å²) < 4.78 is 0. The summed E-state index contributed by atoms with van der Waals surface area (Å²) in [6, 6.07) is 21.6. The third-order valence-electron chi connectivity index (χ3n) is 6.21. The monoisotopic (exact) mass is 379 g/mol. The van der Waals surface area contributed by atoms with Gasteiger partial charge in [-0.2, -0.15) is 0 Å². The molecule has 5 nitrogen and oxygen atoms in total. The molecule has 0 bridgehead atoms. The molecule has 1 amide bonds. The lowest BCUT2D eigenvalue weighted by molar-refractivity contribution is -0.142. The van der Waals surface area contributed by atoms with Crippen LogP contribution in [0.15, 0.2) is 60.7 Å². The largest absolute Gasteiger partial charge is 0.383 e. The highest BCUT2D eigenvalue weighted by Gasteiger charge is 2.45. The van der Waals surface area contributed by atoms with Gasteiger partial charge in [0.25, 0.3) is 5.91 Å². The summed E-state index contributed by atoms with van der Waals surface area (Å²) >= 11 is 0. The van der Waals surface area contributed by atoms with Crippen LogP contribution in [0.3, 0.4) is 0 Å². The Balaban J connectivity index is 1.63. The molecule has 5 heteroatoms. The molecule has 2 fully saturated rings. The first-order valence-corrected chi connectivity index (χ1v) is 10.3. The van der Waals surface area contributed by atoms with E-state index in [4.69, 9.17) is 0 Å². The van der Waals surface area contributed by atoms with E-state index in [0.717, 1.165) is 6.42 Å². The van der Waals surface area contributed by atoms with Crippen LogP contribution in [0, 0.1) is 5.92 Å². The molecular weight excluding hydrogens is 350 g/mol. The van der Waals surface area contributed by atoms with Crippen LogP contribution in [0.2, 0.25) is 0 Å². The van der Waals surface area contributed by atoms with Crippen molar-refractivity contribution in [2.45, 2.75) is 43.9 Å². The van der Waals surface area contributed by atoms with E-state index in [9.17, 15) is 9.90 Å². The minimum absolute atomic E-state index is 0.137. The summed E-state index contributed by atoms with van der Waals surface area (Å²) in [5, 5.41) is 10.0. The molecule has 3 N–H and O–H groups in total. The molecule has 4 rings (SSSR count). The number of amides is 1. The van der Waals surface area contributed by atoms with E-state index < -0.39 is 6.10 Å². The minimum atomic E-state index is -0.892. The molecular formula is C23H29N3O2. The predicted molar refractivity (Wildman–Crippen MR) is 110 cm³/mol. The number of hydrogen-bond donors (Lipinski definition) is 3. The zero-order valence-corrected chi connectivity index (χ0v) is 16.3. The average Bonchev–Trinajstić information content (AvgIpc) is 3.17. The van der Waals surface area contributed by atoms with E-state index in [2.05, 4.69) is 59.4 Å². The molecule has 2 aromatic carbocycles. The Morgan fingerprint density at radius 2 is 1.68 bits per heavy atom. The number of rotatable bonds is 5. The van der Waals surface area contributed by atoms with Crippen molar-refractivity contribution in [2.75, 3.05) is 13.1 Å². The SMILES string of the molecule is CCC(O)C(=O)N1CCC2NNC(C(c3ccccc3)c3ccccc3)C2C1. The number of hydrogen-bond acceptors (Lipinski definition) is 4. The number of hydrazine groups is 1. The maximum atomic E-state index is 12.6. The van der Waals surface area contributed by atoms with Gasteiger partial charge in [0.2, 0.25) is 0 Å². The van der Waals surface area contributed by atoms with Crippen LogP contribution in [0.4, 0.5) is 0 Å². The van der Waals surface area contributed by atoms with Gasteiger partial charge in [-0.05, 0) is 24.0 Å². The number of nitrogens with zero attached hydrogens (tertiary/aromatic N) is 1. The zero-order valence-electron chi connectivity index (χ0n) is 16.3. The van der Waals surface area contributed by atoms with Gasteiger partial charge >= 0.3 is 0 Å². The summed E-state index contributed by atoms with van der Waals surface area (Å²) in [5.74, 6) is 0.339. The fourth-order valence-electron chi connectivity index (χ4n) is 4.68. The third-order valence-corrected chi connectivity index (χ3v) is 6.21. The van der Waals surface area contributed by atoms with E-state index in [-0.39, 0.29) is 23.8 Å². The molecule has 4 atom stereocenters. The Morgan fingerprint density at radius 1 is 1.07 bits per heavy atom. The molecule has 0 aliphatic carbocycles. The Labute approximate surface area is 166 Å². The highest BCUT2D eigenvalue weighted by molar-refractivity contribution is 5.80. The van der Waals surface area contributed by atoms with Crippen molar-refractivity contribution in [3.05, 3.63) is 71.8 Å². The summed E-state index contributed by atoms with van der Waals surface area (Å²) in [4.78, 5) is 14.4. The predicted octanol–water partition coefficient (Wildman–Crippen LogP) is 2.28. The maximum absolute atomic E-state index is 12.6. The molecule has 2 aliphatic rings. The van der Waals surface area contributed by atoms with Gasteiger partial charge in [0, 0.05) is 37.0 Å². The number of carbonyl (C=O) groups is 1. The second-order valence-electron chi connectivity index (χ2n) is 7.88. The Kier molecular flexibility index (Phi) is 5.76. The van der Waals surface area contributed by atoms with Gasteiger partial charge in [-0.1, -0.05) is 67.6 Å². The zero-order chi connectivity index (χ0) is 19.5. The van der Waals surface area contributed by atoms with Crippen molar-refractivity contribution < 1.29 is 9.90 Å². The van der Waals surface area contributed by atoms with Gasteiger partial charge in [-0.3, -0.25) is 15.6 Å². The van der Waals surface area contributed by atoms with Crippen LogP contribution in [-0.2, 0) is 4.79 Å². The molecule has 0 radical (unpaired) electrons. The maximum Gasteiger partial charge on any atom is 0.251 e. The lowest BCUT2D eigenvalue weighted by Gasteiger charge is -2.39. The standard InChI is InChI=1S/C23H29N3O2/c1-2-20(27)23(28)26-14-13-19-18(15-26)22(25-24-19)21(16-9-5-3-6-10-16)17-11-7-4-8-12-17/h3-12,18-22,24-25,27H,2,13-15H2,1H3. The van der Waals surface area contributed by atoms with Gasteiger partial charge in [0.1, 0.15) is 6.10 Å². The normalized spacial score (nSPS) is 25.5. The third kappa shape index (κ3) is 3.70. The fourth-order valence-corrected chi connectivity index (χ4v) is 4.68. The van der Waals surface area contributed by atoms with Crippen molar-refractivity contribution in [2.24, 2.45) is 5.92 Å². The number of piperidine rings is 1. The number of aliphatic hydroxyl groups excluding tert-OH is 1. The minimum Gasteiger partial charge on any atom is -0.383 e. The number of fused-ring (bicyclic) bond motifs is 1. The Bertz CT molecular complexity index is 743. The summed E-state index contributed by atoms with van der Waals surface area (Å²) in [6.45, 7) is 3.21. The number of nitrogens with one attached hydrogen (secondary N) is 2. The smallest absolute Gasteiger partial charge is 0.251 e. The van der Waals surface area contributed by atoms with Crippen molar-refractivity contribution in [1.29, 1.82) is 0 Å². The van der Waals surface area contributed by atoms with Crippen LogP contribution >= 0.6 is 0 Å².